The van der Waals surface area contributed by atoms with Gasteiger partial charge >= 0.3 is 0 Å². The quantitative estimate of drug-likeness (QED) is 0.681. The molecular weight excluding hydrogens is 282 g/mol. The van der Waals surface area contributed by atoms with Crippen molar-refractivity contribution in [3.8, 4) is 0 Å². The molecule has 0 saturated heterocycles. The monoisotopic (exact) mass is 297 g/mol. The van der Waals surface area contributed by atoms with E-state index in [2.05, 4.69) is 17.2 Å². The molecule has 1 heterocycles. The van der Waals surface area contributed by atoms with Crippen LogP contribution in [0.15, 0.2) is 53.5 Å². The molecule has 0 aliphatic carbocycles. The fraction of sp³-hybridized carbons (Fsp3) is 0.188. The Bertz CT molecular complexity index is 726. The molecule has 0 spiro atoms. The summed E-state index contributed by atoms with van der Waals surface area (Å²) in [7, 11) is 0. The van der Waals surface area contributed by atoms with Crippen LogP contribution in [0.5, 0.6) is 0 Å². The maximum Gasteiger partial charge on any atom is 0.295 e. The van der Waals surface area contributed by atoms with Crippen LogP contribution in [-0.4, -0.2) is 10.9 Å². The summed E-state index contributed by atoms with van der Waals surface area (Å²) in [6.07, 6.45) is 0.784. The average molecular weight is 297 g/mol. The van der Waals surface area contributed by atoms with E-state index >= 15 is 0 Å². The summed E-state index contributed by atoms with van der Waals surface area (Å²) < 4.78 is 5.85. The van der Waals surface area contributed by atoms with Gasteiger partial charge in [0.05, 0.1) is 10.6 Å². The number of aliphatic imine (C=N–C) groups is 1. The highest BCUT2D eigenvalue weighted by Gasteiger charge is 2.22. The molecule has 1 aliphatic rings. The van der Waals surface area contributed by atoms with Gasteiger partial charge in [-0.1, -0.05) is 25.1 Å². The van der Waals surface area contributed by atoms with E-state index in [1.54, 1.807) is 12.1 Å². The Morgan fingerprint density at radius 3 is 2.64 bits per heavy atom. The Labute approximate surface area is 127 Å². The van der Waals surface area contributed by atoms with Crippen molar-refractivity contribution in [1.82, 2.24) is 0 Å². The molecule has 0 radical (unpaired) electrons. The third-order valence-corrected chi connectivity index (χ3v) is 3.46. The molecule has 6 nitrogen and oxygen atoms in total. The first kappa shape index (κ1) is 14.1. The van der Waals surface area contributed by atoms with Gasteiger partial charge in [0.15, 0.2) is 0 Å². The zero-order valence-corrected chi connectivity index (χ0v) is 12.0. The number of rotatable bonds is 3. The number of nitrogens with one attached hydrogen (secondary N) is 1. The SMILES string of the molecule is CCC1OC(Nc2ccc([N+](=O)[O-])cc2)=Nc2ccccc21. The Hall–Kier alpha value is -2.89. The molecule has 6 heteroatoms. The molecule has 112 valence electrons. The third kappa shape index (κ3) is 2.76. The summed E-state index contributed by atoms with van der Waals surface area (Å²) in [6, 6.07) is 14.4. The van der Waals surface area contributed by atoms with Crippen molar-refractivity contribution in [3.05, 3.63) is 64.2 Å². The lowest BCUT2D eigenvalue weighted by Gasteiger charge is -2.25. The van der Waals surface area contributed by atoms with Crippen molar-refractivity contribution < 1.29 is 9.66 Å². The first-order chi connectivity index (χ1) is 10.7. The van der Waals surface area contributed by atoms with Crippen LogP contribution in [0.3, 0.4) is 0 Å². The number of para-hydroxylation sites is 1. The molecule has 0 amide bonds. The van der Waals surface area contributed by atoms with Crippen molar-refractivity contribution in [2.75, 3.05) is 5.32 Å². The number of nitrogens with zero attached hydrogens (tertiary/aromatic N) is 2. The summed E-state index contributed by atoms with van der Waals surface area (Å²) in [5, 5.41) is 13.7. The molecule has 0 aromatic heterocycles. The number of ether oxygens (including phenoxy) is 1. The molecule has 2 aromatic rings. The number of hydrogen-bond donors (Lipinski definition) is 1. The van der Waals surface area contributed by atoms with Gasteiger partial charge in [0.25, 0.3) is 11.7 Å². The molecule has 1 N–H and O–H groups in total. The second kappa shape index (κ2) is 5.85. The Balaban J connectivity index is 1.84. The maximum absolute atomic E-state index is 10.7. The highest BCUT2D eigenvalue weighted by atomic mass is 16.6. The lowest BCUT2D eigenvalue weighted by Crippen LogP contribution is -2.22. The van der Waals surface area contributed by atoms with E-state index in [4.69, 9.17) is 4.74 Å². The first-order valence-corrected chi connectivity index (χ1v) is 7.03. The normalized spacial score (nSPS) is 16.2. The van der Waals surface area contributed by atoms with E-state index < -0.39 is 4.92 Å². The third-order valence-electron chi connectivity index (χ3n) is 3.46. The van der Waals surface area contributed by atoms with Crippen molar-refractivity contribution in [1.29, 1.82) is 0 Å². The zero-order valence-electron chi connectivity index (χ0n) is 12.0. The van der Waals surface area contributed by atoms with Crippen LogP contribution in [0.1, 0.15) is 25.0 Å². The van der Waals surface area contributed by atoms with E-state index in [-0.39, 0.29) is 11.8 Å². The van der Waals surface area contributed by atoms with Gasteiger partial charge in [-0.3, -0.25) is 10.1 Å². The van der Waals surface area contributed by atoms with Gasteiger partial charge in [0.1, 0.15) is 6.10 Å². The number of amidine groups is 1. The summed E-state index contributed by atoms with van der Waals surface area (Å²) in [6.45, 7) is 2.05. The molecule has 1 atom stereocenters. The fourth-order valence-corrected chi connectivity index (χ4v) is 2.35. The highest BCUT2D eigenvalue weighted by molar-refractivity contribution is 5.92. The first-order valence-electron chi connectivity index (χ1n) is 7.03. The second-order valence-electron chi connectivity index (χ2n) is 4.92. The van der Waals surface area contributed by atoms with Crippen LogP contribution in [0.25, 0.3) is 0 Å². The molecular formula is C16H15N3O3. The number of non-ortho nitro benzene ring substituents is 1. The number of fused-ring (bicyclic) bond motifs is 1. The summed E-state index contributed by atoms with van der Waals surface area (Å²) in [4.78, 5) is 14.7. The summed E-state index contributed by atoms with van der Waals surface area (Å²) >= 11 is 0. The Morgan fingerprint density at radius 2 is 1.95 bits per heavy atom. The molecule has 3 rings (SSSR count). The second-order valence-corrected chi connectivity index (χ2v) is 4.92. The van der Waals surface area contributed by atoms with Crippen molar-refractivity contribution in [2.24, 2.45) is 4.99 Å². The van der Waals surface area contributed by atoms with Gasteiger partial charge in [-0.25, -0.2) is 0 Å². The maximum atomic E-state index is 10.7. The van der Waals surface area contributed by atoms with E-state index in [1.807, 2.05) is 24.3 Å². The minimum Gasteiger partial charge on any atom is -0.457 e. The van der Waals surface area contributed by atoms with Crippen LogP contribution >= 0.6 is 0 Å². The molecule has 0 fully saturated rings. The lowest BCUT2D eigenvalue weighted by molar-refractivity contribution is -0.384. The average Bonchev–Trinajstić information content (AvgIpc) is 2.54. The standard InChI is InChI=1S/C16H15N3O3/c1-2-15-13-5-3-4-6-14(13)18-16(22-15)17-11-7-9-12(10-8-11)19(20)21/h3-10,15H,2H2,1H3,(H,17,18). The lowest BCUT2D eigenvalue weighted by atomic mass is 10.0. The van der Waals surface area contributed by atoms with E-state index in [0.717, 1.165) is 17.7 Å². The Morgan fingerprint density at radius 1 is 1.23 bits per heavy atom. The molecule has 0 bridgehead atoms. The van der Waals surface area contributed by atoms with Gasteiger partial charge in [-0.05, 0) is 24.6 Å². The smallest absolute Gasteiger partial charge is 0.295 e. The van der Waals surface area contributed by atoms with Crippen LogP contribution in [0, 0.1) is 10.1 Å². The summed E-state index contributed by atoms with van der Waals surface area (Å²) in [5.41, 5.74) is 2.69. The number of nitro benzene ring substituents is 1. The van der Waals surface area contributed by atoms with E-state index in [0.29, 0.717) is 11.7 Å². The Kier molecular flexibility index (Phi) is 3.74. The minimum absolute atomic E-state index is 0.0470. The topological polar surface area (TPSA) is 76.8 Å². The molecule has 0 saturated carbocycles. The fourth-order valence-electron chi connectivity index (χ4n) is 2.35. The van der Waals surface area contributed by atoms with Crippen molar-refractivity contribution >= 4 is 23.1 Å². The van der Waals surface area contributed by atoms with E-state index in [1.165, 1.54) is 12.1 Å². The van der Waals surface area contributed by atoms with Crippen LogP contribution in [0.2, 0.25) is 0 Å². The predicted molar refractivity (Wildman–Crippen MR) is 84.4 cm³/mol. The van der Waals surface area contributed by atoms with Crippen LogP contribution in [0.4, 0.5) is 17.1 Å². The molecule has 22 heavy (non-hydrogen) atoms. The largest absolute Gasteiger partial charge is 0.457 e. The number of hydrogen-bond acceptors (Lipinski definition) is 5. The zero-order chi connectivity index (χ0) is 15.5. The van der Waals surface area contributed by atoms with Gasteiger partial charge in [-0.15, -0.1) is 0 Å². The van der Waals surface area contributed by atoms with Crippen molar-refractivity contribution in [3.63, 3.8) is 0 Å². The van der Waals surface area contributed by atoms with Crippen LogP contribution in [-0.2, 0) is 4.74 Å². The van der Waals surface area contributed by atoms with Crippen molar-refractivity contribution in [2.45, 2.75) is 19.4 Å². The molecule has 1 unspecified atom stereocenters. The molecule has 2 aromatic carbocycles. The van der Waals surface area contributed by atoms with Gasteiger partial charge < -0.3 is 10.1 Å². The van der Waals surface area contributed by atoms with Gasteiger partial charge in [0.2, 0.25) is 0 Å². The summed E-state index contributed by atoms with van der Waals surface area (Å²) in [5.74, 6) is 0. The van der Waals surface area contributed by atoms with Crippen LogP contribution < -0.4 is 5.32 Å². The molecule has 1 aliphatic heterocycles. The van der Waals surface area contributed by atoms with Gasteiger partial charge in [0, 0.05) is 23.4 Å². The number of nitro groups is 1. The van der Waals surface area contributed by atoms with E-state index in [9.17, 15) is 10.1 Å². The number of benzene rings is 2. The highest BCUT2D eigenvalue weighted by Crippen LogP contribution is 2.34. The van der Waals surface area contributed by atoms with Gasteiger partial charge in [-0.2, -0.15) is 4.99 Å². The number of anilines is 1. The predicted octanol–water partition coefficient (Wildman–Crippen LogP) is 4.18. The minimum atomic E-state index is -0.429.